The van der Waals surface area contributed by atoms with Gasteiger partial charge in [0.05, 0.1) is 12.8 Å². The van der Waals surface area contributed by atoms with Gasteiger partial charge in [-0.25, -0.2) is 0 Å². The fourth-order valence-corrected chi connectivity index (χ4v) is 1.82. The van der Waals surface area contributed by atoms with Gasteiger partial charge in [0, 0.05) is 6.20 Å². The van der Waals surface area contributed by atoms with Crippen molar-refractivity contribution >= 4 is 5.97 Å². The molecule has 1 aliphatic carbocycles. The molecule has 0 unspecified atom stereocenters. The van der Waals surface area contributed by atoms with Crippen molar-refractivity contribution in [3.63, 3.8) is 0 Å². The highest BCUT2D eigenvalue weighted by molar-refractivity contribution is 5.85. The first-order valence-corrected chi connectivity index (χ1v) is 5.33. The van der Waals surface area contributed by atoms with Gasteiger partial charge in [-0.3, -0.25) is 4.79 Å². The number of carbonyl (C=O) groups is 1. The number of nitrogens with one attached hydrogen (secondary N) is 1. The first kappa shape index (κ1) is 10.1. The summed E-state index contributed by atoms with van der Waals surface area (Å²) in [7, 11) is 1.37. The van der Waals surface area contributed by atoms with Crippen LogP contribution in [0.1, 0.15) is 18.7 Å². The molecule has 3 rings (SSSR count). The van der Waals surface area contributed by atoms with Crippen molar-refractivity contribution in [1.29, 1.82) is 0 Å². The third-order valence-corrected chi connectivity index (χ3v) is 3.00. The Morgan fingerprint density at radius 3 is 3.00 bits per heavy atom. The first-order chi connectivity index (χ1) is 8.26. The molecule has 0 aromatic carbocycles. The topological polar surface area (TPSA) is 81.0 Å². The van der Waals surface area contributed by atoms with Gasteiger partial charge in [-0.05, 0) is 25.0 Å². The van der Waals surface area contributed by atoms with Gasteiger partial charge in [-0.1, -0.05) is 5.16 Å². The zero-order valence-corrected chi connectivity index (χ0v) is 9.27. The molecule has 0 atom stereocenters. The third kappa shape index (κ3) is 1.44. The minimum atomic E-state index is -0.702. The van der Waals surface area contributed by atoms with Crippen molar-refractivity contribution in [2.24, 2.45) is 0 Å². The van der Waals surface area contributed by atoms with E-state index >= 15 is 0 Å². The lowest BCUT2D eigenvalue weighted by molar-refractivity contribution is -0.144. The normalized spacial score (nSPS) is 16.8. The summed E-state index contributed by atoms with van der Waals surface area (Å²) < 4.78 is 9.91. The van der Waals surface area contributed by atoms with Crippen LogP contribution < -0.4 is 0 Å². The second kappa shape index (κ2) is 3.44. The maximum atomic E-state index is 11.6. The average molecular weight is 233 g/mol. The minimum Gasteiger partial charge on any atom is -0.468 e. The number of nitrogens with zero attached hydrogens (tertiary/aromatic N) is 2. The number of hydrogen-bond donors (Lipinski definition) is 1. The van der Waals surface area contributed by atoms with E-state index in [1.165, 1.54) is 7.11 Å². The number of ether oxygens (including phenoxy) is 1. The van der Waals surface area contributed by atoms with Crippen LogP contribution >= 0.6 is 0 Å². The van der Waals surface area contributed by atoms with E-state index in [1.54, 1.807) is 6.20 Å². The number of H-pyrrole nitrogens is 1. The van der Waals surface area contributed by atoms with E-state index in [2.05, 4.69) is 15.1 Å². The zero-order chi connectivity index (χ0) is 11.9. The van der Waals surface area contributed by atoms with Crippen LogP contribution in [0.2, 0.25) is 0 Å². The van der Waals surface area contributed by atoms with Crippen molar-refractivity contribution in [2.75, 3.05) is 7.11 Å². The number of rotatable bonds is 3. The van der Waals surface area contributed by atoms with Crippen LogP contribution in [0, 0.1) is 0 Å². The second-order valence-electron chi connectivity index (χ2n) is 4.08. The molecule has 0 radical (unpaired) electrons. The number of esters is 1. The highest BCUT2D eigenvalue weighted by Crippen LogP contribution is 2.48. The van der Waals surface area contributed by atoms with E-state index in [9.17, 15) is 4.79 Å². The summed E-state index contributed by atoms with van der Waals surface area (Å²) in [5.41, 5.74) is 0.0627. The van der Waals surface area contributed by atoms with E-state index in [0.29, 0.717) is 24.6 Å². The largest absolute Gasteiger partial charge is 0.468 e. The predicted octanol–water partition coefficient (Wildman–Crippen LogP) is 1.27. The van der Waals surface area contributed by atoms with E-state index in [0.717, 1.165) is 5.69 Å². The van der Waals surface area contributed by atoms with Crippen LogP contribution in [0.4, 0.5) is 0 Å². The van der Waals surface area contributed by atoms with Gasteiger partial charge in [0.1, 0.15) is 5.41 Å². The highest BCUT2D eigenvalue weighted by Gasteiger charge is 2.57. The van der Waals surface area contributed by atoms with Gasteiger partial charge in [0.2, 0.25) is 11.7 Å². The smallest absolute Gasteiger partial charge is 0.321 e. The molecule has 88 valence electrons. The molecular weight excluding hydrogens is 222 g/mol. The summed E-state index contributed by atoms with van der Waals surface area (Å²) in [4.78, 5) is 18.9. The van der Waals surface area contributed by atoms with E-state index in [4.69, 9.17) is 9.26 Å². The van der Waals surface area contributed by atoms with Gasteiger partial charge < -0.3 is 14.2 Å². The fraction of sp³-hybridized carbons (Fsp3) is 0.364. The molecule has 0 bridgehead atoms. The van der Waals surface area contributed by atoms with Gasteiger partial charge in [-0.15, -0.1) is 0 Å². The molecule has 1 N–H and O–H groups in total. The van der Waals surface area contributed by atoms with E-state index in [-0.39, 0.29) is 5.97 Å². The predicted molar refractivity (Wildman–Crippen MR) is 57.0 cm³/mol. The second-order valence-corrected chi connectivity index (χ2v) is 4.08. The van der Waals surface area contributed by atoms with Crippen LogP contribution in [0.3, 0.4) is 0 Å². The minimum absolute atomic E-state index is 0.306. The number of aromatic amines is 1. The molecule has 1 aliphatic rings. The molecule has 1 saturated carbocycles. The third-order valence-electron chi connectivity index (χ3n) is 3.00. The molecule has 2 heterocycles. The summed E-state index contributed by atoms with van der Waals surface area (Å²) in [6.07, 6.45) is 3.18. The Kier molecular flexibility index (Phi) is 2.04. The Hall–Kier alpha value is -2.11. The Morgan fingerprint density at radius 1 is 1.59 bits per heavy atom. The van der Waals surface area contributed by atoms with Gasteiger partial charge >= 0.3 is 5.97 Å². The molecular formula is C11H11N3O3. The lowest BCUT2D eigenvalue weighted by Gasteiger charge is -2.05. The summed E-state index contributed by atoms with van der Waals surface area (Å²) >= 11 is 0. The summed E-state index contributed by atoms with van der Waals surface area (Å²) in [5.74, 6) is 0.494. The molecule has 2 aromatic rings. The van der Waals surface area contributed by atoms with Crippen molar-refractivity contribution in [3.05, 3.63) is 24.2 Å². The van der Waals surface area contributed by atoms with Crippen molar-refractivity contribution < 1.29 is 14.1 Å². The molecule has 17 heavy (non-hydrogen) atoms. The van der Waals surface area contributed by atoms with Crippen LogP contribution in [-0.4, -0.2) is 28.2 Å². The first-order valence-electron chi connectivity index (χ1n) is 5.33. The molecule has 2 aromatic heterocycles. The maximum Gasteiger partial charge on any atom is 0.321 e. The van der Waals surface area contributed by atoms with Crippen LogP contribution in [0.25, 0.3) is 11.5 Å². The molecule has 0 aliphatic heterocycles. The Balaban J connectivity index is 1.94. The van der Waals surface area contributed by atoms with Crippen molar-refractivity contribution in [2.45, 2.75) is 18.3 Å². The Bertz CT molecular complexity index is 540. The maximum absolute atomic E-state index is 11.6. The monoisotopic (exact) mass is 233 g/mol. The lowest BCUT2D eigenvalue weighted by Crippen LogP contribution is -2.22. The number of hydrogen-bond acceptors (Lipinski definition) is 5. The lowest BCUT2D eigenvalue weighted by atomic mass is 10.1. The summed E-state index contributed by atoms with van der Waals surface area (Å²) in [5, 5.41) is 3.86. The SMILES string of the molecule is COC(=O)C1(c2nc(-c3ccc[nH]3)no2)CC1. The summed E-state index contributed by atoms with van der Waals surface area (Å²) in [6, 6.07) is 3.69. The van der Waals surface area contributed by atoms with E-state index < -0.39 is 5.41 Å². The fourth-order valence-electron chi connectivity index (χ4n) is 1.82. The highest BCUT2D eigenvalue weighted by atomic mass is 16.5. The number of carbonyl (C=O) groups excluding carboxylic acids is 1. The standard InChI is InChI=1S/C11H11N3O3/c1-16-10(15)11(4-5-11)9-13-8(14-17-9)7-3-2-6-12-7/h2-3,6,12H,4-5H2,1H3. The van der Waals surface area contributed by atoms with Crippen LogP contribution in [0.15, 0.2) is 22.9 Å². The molecule has 6 nitrogen and oxygen atoms in total. The zero-order valence-electron chi connectivity index (χ0n) is 9.27. The number of methoxy groups -OCH3 is 1. The Morgan fingerprint density at radius 2 is 2.41 bits per heavy atom. The summed E-state index contributed by atoms with van der Waals surface area (Å²) in [6.45, 7) is 0. The molecule has 1 fully saturated rings. The Labute approximate surface area is 97.0 Å². The molecule has 0 spiro atoms. The van der Waals surface area contributed by atoms with E-state index in [1.807, 2.05) is 12.1 Å². The number of aromatic nitrogens is 3. The van der Waals surface area contributed by atoms with Crippen molar-refractivity contribution in [1.82, 2.24) is 15.1 Å². The van der Waals surface area contributed by atoms with Gasteiger partial charge in [0.25, 0.3) is 0 Å². The quantitative estimate of drug-likeness (QED) is 0.807. The van der Waals surface area contributed by atoms with Gasteiger partial charge in [0.15, 0.2) is 0 Å². The van der Waals surface area contributed by atoms with Crippen molar-refractivity contribution in [3.8, 4) is 11.5 Å². The van der Waals surface area contributed by atoms with Crippen LogP contribution in [0.5, 0.6) is 0 Å². The van der Waals surface area contributed by atoms with Crippen LogP contribution in [-0.2, 0) is 14.9 Å². The van der Waals surface area contributed by atoms with Gasteiger partial charge in [-0.2, -0.15) is 4.98 Å². The molecule has 0 amide bonds. The molecule has 0 saturated heterocycles. The average Bonchev–Trinajstić information content (AvgIpc) is 2.84. The molecule has 6 heteroatoms.